The first-order valence-electron chi connectivity index (χ1n) is 8.53. The summed E-state index contributed by atoms with van der Waals surface area (Å²) in [6.45, 7) is 9.01. The van der Waals surface area contributed by atoms with E-state index in [2.05, 4.69) is 15.2 Å². The van der Waals surface area contributed by atoms with Gasteiger partial charge in [0.2, 0.25) is 5.89 Å². The van der Waals surface area contributed by atoms with Gasteiger partial charge in [0, 0.05) is 38.3 Å². The Kier molecular flexibility index (Phi) is 6.23. The van der Waals surface area contributed by atoms with Gasteiger partial charge in [0.15, 0.2) is 0 Å². The molecule has 24 heavy (non-hydrogen) atoms. The van der Waals surface area contributed by atoms with Gasteiger partial charge in [-0.3, -0.25) is 4.90 Å². The van der Waals surface area contributed by atoms with E-state index in [-0.39, 0.29) is 0 Å². The van der Waals surface area contributed by atoms with Gasteiger partial charge in [-0.15, -0.1) is 0 Å². The van der Waals surface area contributed by atoms with Gasteiger partial charge in [-0.05, 0) is 25.1 Å². The molecule has 0 saturated carbocycles. The summed E-state index contributed by atoms with van der Waals surface area (Å²) in [5.41, 5.74) is 1.84. The van der Waals surface area contributed by atoms with Crippen LogP contribution in [0.2, 0.25) is 0 Å². The molecular weight excluding hydrogens is 306 g/mol. The van der Waals surface area contributed by atoms with Gasteiger partial charge in [0.1, 0.15) is 12.0 Å². The molecule has 0 aliphatic carbocycles. The number of hydrogen-bond acceptors (Lipinski definition) is 6. The Bertz CT molecular complexity index is 623. The summed E-state index contributed by atoms with van der Waals surface area (Å²) in [6, 6.07) is 7.81. The summed E-state index contributed by atoms with van der Waals surface area (Å²) >= 11 is 0. The number of benzene rings is 1. The van der Waals surface area contributed by atoms with Gasteiger partial charge in [0.25, 0.3) is 0 Å². The van der Waals surface area contributed by atoms with E-state index in [0.29, 0.717) is 19.0 Å². The number of morpholine rings is 1. The van der Waals surface area contributed by atoms with E-state index >= 15 is 0 Å². The molecule has 1 aliphatic heterocycles. The van der Waals surface area contributed by atoms with Crippen LogP contribution in [-0.4, -0.2) is 55.9 Å². The molecule has 0 radical (unpaired) electrons. The Morgan fingerprint density at radius 3 is 3.00 bits per heavy atom. The number of nitrogens with one attached hydrogen (secondary N) is 1. The highest BCUT2D eigenvalue weighted by Gasteiger charge is 2.10. The monoisotopic (exact) mass is 331 g/mol. The molecular formula is C18H25N3O3. The third-order valence-corrected chi connectivity index (χ3v) is 3.96. The van der Waals surface area contributed by atoms with Crippen LogP contribution in [0.25, 0.3) is 11.5 Å². The molecule has 0 spiro atoms. The summed E-state index contributed by atoms with van der Waals surface area (Å²) in [6.07, 6.45) is 1.71. The van der Waals surface area contributed by atoms with Crippen LogP contribution in [0.15, 0.2) is 34.9 Å². The Morgan fingerprint density at radius 2 is 2.17 bits per heavy atom. The van der Waals surface area contributed by atoms with Crippen LogP contribution >= 0.6 is 0 Å². The second-order valence-corrected chi connectivity index (χ2v) is 5.74. The zero-order chi connectivity index (χ0) is 16.6. The second kappa shape index (κ2) is 8.82. The number of rotatable bonds is 8. The molecule has 6 heteroatoms. The lowest BCUT2D eigenvalue weighted by Gasteiger charge is -2.26. The van der Waals surface area contributed by atoms with E-state index in [0.717, 1.165) is 56.4 Å². The molecule has 1 saturated heterocycles. The van der Waals surface area contributed by atoms with Crippen LogP contribution in [-0.2, 0) is 11.3 Å². The molecule has 1 aromatic carbocycles. The highest BCUT2D eigenvalue weighted by molar-refractivity contribution is 5.55. The van der Waals surface area contributed by atoms with Gasteiger partial charge in [-0.25, -0.2) is 4.98 Å². The van der Waals surface area contributed by atoms with Crippen LogP contribution < -0.4 is 10.1 Å². The first-order chi connectivity index (χ1) is 11.8. The highest BCUT2D eigenvalue weighted by Crippen LogP contribution is 2.23. The third kappa shape index (κ3) is 4.80. The van der Waals surface area contributed by atoms with Crippen LogP contribution in [0.4, 0.5) is 0 Å². The van der Waals surface area contributed by atoms with Crippen molar-refractivity contribution in [1.82, 2.24) is 15.2 Å². The third-order valence-electron chi connectivity index (χ3n) is 3.96. The van der Waals surface area contributed by atoms with Crippen molar-refractivity contribution < 1.29 is 13.9 Å². The van der Waals surface area contributed by atoms with E-state index in [1.807, 2.05) is 31.2 Å². The number of hydrogen-bond donors (Lipinski definition) is 1. The minimum Gasteiger partial charge on any atom is -0.494 e. The van der Waals surface area contributed by atoms with Crippen molar-refractivity contribution in [3.63, 3.8) is 0 Å². The fraction of sp³-hybridized carbons (Fsp3) is 0.500. The Morgan fingerprint density at radius 1 is 1.29 bits per heavy atom. The number of aromatic nitrogens is 1. The maximum Gasteiger partial charge on any atom is 0.226 e. The van der Waals surface area contributed by atoms with Crippen LogP contribution in [0.5, 0.6) is 5.75 Å². The van der Waals surface area contributed by atoms with E-state index in [1.165, 1.54) is 0 Å². The van der Waals surface area contributed by atoms with Crippen molar-refractivity contribution >= 4 is 0 Å². The van der Waals surface area contributed by atoms with Crippen molar-refractivity contribution in [2.24, 2.45) is 0 Å². The Labute approximate surface area is 142 Å². The molecule has 0 unspecified atom stereocenters. The lowest BCUT2D eigenvalue weighted by molar-refractivity contribution is 0.0384. The molecule has 0 amide bonds. The standard InChI is InChI=1S/C18H25N3O3/c1-2-23-17-5-3-4-15(12-17)18-20-16(14-24-18)13-19-6-7-21-8-10-22-11-9-21/h3-5,12,14,19H,2,6-11,13H2,1H3. The molecule has 1 aromatic heterocycles. The molecule has 6 nitrogen and oxygen atoms in total. The van der Waals surface area contributed by atoms with Gasteiger partial charge in [-0.1, -0.05) is 6.07 Å². The first-order valence-corrected chi connectivity index (χ1v) is 8.53. The SMILES string of the molecule is CCOc1cccc(-c2nc(CNCCN3CCOCC3)co2)c1. The lowest BCUT2D eigenvalue weighted by Crippen LogP contribution is -2.40. The smallest absolute Gasteiger partial charge is 0.226 e. The molecule has 1 fully saturated rings. The van der Waals surface area contributed by atoms with E-state index in [9.17, 15) is 0 Å². The summed E-state index contributed by atoms with van der Waals surface area (Å²) in [5, 5.41) is 3.42. The number of oxazole rings is 1. The van der Waals surface area contributed by atoms with Gasteiger partial charge < -0.3 is 19.2 Å². The Hall–Kier alpha value is -1.89. The number of nitrogens with zero attached hydrogens (tertiary/aromatic N) is 2. The van der Waals surface area contributed by atoms with Gasteiger partial charge in [0.05, 0.1) is 25.5 Å². The predicted octanol–water partition coefficient (Wildman–Crippen LogP) is 2.16. The molecule has 0 atom stereocenters. The fourth-order valence-electron chi connectivity index (χ4n) is 2.68. The van der Waals surface area contributed by atoms with Crippen LogP contribution in [0.3, 0.4) is 0 Å². The highest BCUT2D eigenvalue weighted by atomic mass is 16.5. The summed E-state index contributed by atoms with van der Waals surface area (Å²) in [7, 11) is 0. The van der Waals surface area contributed by atoms with Crippen molar-refractivity contribution in [2.75, 3.05) is 46.0 Å². The molecule has 2 aromatic rings. The molecule has 3 rings (SSSR count). The predicted molar refractivity (Wildman–Crippen MR) is 92.1 cm³/mol. The minimum absolute atomic E-state index is 0.626. The molecule has 2 heterocycles. The van der Waals surface area contributed by atoms with Crippen molar-refractivity contribution in [3.8, 4) is 17.2 Å². The summed E-state index contributed by atoms with van der Waals surface area (Å²) in [4.78, 5) is 6.95. The van der Waals surface area contributed by atoms with Gasteiger partial charge in [-0.2, -0.15) is 0 Å². The average Bonchev–Trinajstić information content (AvgIpc) is 3.09. The summed E-state index contributed by atoms with van der Waals surface area (Å²) in [5.74, 6) is 1.46. The molecule has 130 valence electrons. The first kappa shape index (κ1) is 17.0. The van der Waals surface area contributed by atoms with Crippen LogP contribution in [0.1, 0.15) is 12.6 Å². The van der Waals surface area contributed by atoms with Crippen molar-refractivity contribution in [3.05, 3.63) is 36.2 Å². The normalized spacial score (nSPS) is 15.5. The largest absolute Gasteiger partial charge is 0.494 e. The molecule has 1 aliphatic rings. The topological polar surface area (TPSA) is 59.8 Å². The van der Waals surface area contributed by atoms with E-state index in [1.54, 1.807) is 6.26 Å². The van der Waals surface area contributed by atoms with Crippen molar-refractivity contribution in [1.29, 1.82) is 0 Å². The quantitative estimate of drug-likeness (QED) is 0.748. The summed E-state index contributed by atoms with van der Waals surface area (Å²) < 4.78 is 16.5. The maximum atomic E-state index is 5.60. The van der Waals surface area contributed by atoms with E-state index < -0.39 is 0 Å². The number of ether oxygens (including phenoxy) is 2. The average molecular weight is 331 g/mol. The second-order valence-electron chi connectivity index (χ2n) is 5.74. The minimum atomic E-state index is 0.626. The maximum absolute atomic E-state index is 5.60. The fourth-order valence-corrected chi connectivity index (χ4v) is 2.68. The zero-order valence-electron chi connectivity index (χ0n) is 14.2. The van der Waals surface area contributed by atoms with Gasteiger partial charge >= 0.3 is 0 Å². The van der Waals surface area contributed by atoms with E-state index in [4.69, 9.17) is 13.9 Å². The molecule has 0 bridgehead atoms. The molecule has 1 N–H and O–H groups in total. The van der Waals surface area contributed by atoms with Crippen molar-refractivity contribution in [2.45, 2.75) is 13.5 Å². The zero-order valence-corrected chi connectivity index (χ0v) is 14.2. The lowest BCUT2D eigenvalue weighted by atomic mass is 10.2. The Balaban J connectivity index is 1.47. The van der Waals surface area contributed by atoms with Crippen LogP contribution in [0, 0.1) is 0 Å².